The molecule has 0 radical (unpaired) electrons. The minimum absolute atomic E-state index is 0.0816. The molecule has 31 heavy (non-hydrogen) atoms. The molecule has 6 nitrogen and oxygen atoms in total. The Morgan fingerprint density at radius 2 is 1.65 bits per heavy atom. The van der Waals surface area contributed by atoms with Gasteiger partial charge in [0.1, 0.15) is 5.54 Å². The molecule has 1 saturated carbocycles. The number of benzene rings is 1. The van der Waals surface area contributed by atoms with Gasteiger partial charge in [0.15, 0.2) is 0 Å². The predicted molar refractivity (Wildman–Crippen MR) is 122 cm³/mol. The number of morpholine rings is 1. The first-order valence-corrected chi connectivity index (χ1v) is 12.1. The highest BCUT2D eigenvalue weighted by Crippen LogP contribution is 2.37. The number of piperidine rings is 1. The molecular formula is C25H37N3O3. The summed E-state index contributed by atoms with van der Waals surface area (Å²) < 4.78 is 5.56. The van der Waals surface area contributed by atoms with E-state index < -0.39 is 0 Å². The topological polar surface area (TPSA) is 61.9 Å². The van der Waals surface area contributed by atoms with Gasteiger partial charge in [0, 0.05) is 38.3 Å². The van der Waals surface area contributed by atoms with E-state index in [0.29, 0.717) is 18.2 Å². The van der Waals surface area contributed by atoms with Crippen LogP contribution in [0.25, 0.3) is 0 Å². The summed E-state index contributed by atoms with van der Waals surface area (Å²) in [6.07, 6.45) is 8.98. The van der Waals surface area contributed by atoms with Crippen LogP contribution in [0, 0.1) is 5.92 Å². The van der Waals surface area contributed by atoms with Gasteiger partial charge >= 0.3 is 0 Å². The van der Waals surface area contributed by atoms with Crippen LogP contribution in [0.4, 0.5) is 5.69 Å². The number of nitrogens with zero attached hydrogens (tertiary/aromatic N) is 2. The molecule has 0 aromatic heterocycles. The largest absolute Gasteiger partial charge is 0.379 e. The van der Waals surface area contributed by atoms with E-state index in [-0.39, 0.29) is 11.4 Å². The highest BCUT2D eigenvalue weighted by Gasteiger charge is 2.47. The summed E-state index contributed by atoms with van der Waals surface area (Å²) >= 11 is 0. The van der Waals surface area contributed by atoms with Crippen molar-refractivity contribution in [3.05, 3.63) is 30.3 Å². The standard InChI is InChI=1S/C25H37N3O3/c29-23(26-22-7-3-1-4-8-22)10-9-21-11-15-27(16-12-21)24(30)25(13-5-2-6-14-25)28-17-19-31-20-18-28/h1,3-4,7-8,21H,2,5-6,9-20H2,(H,26,29). The summed E-state index contributed by atoms with van der Waals surface area (Å²) in [6, 6.07) is 9.63. The molecule has 6 heteroatoms. The number of anilines is 1. The van der Waals surface area contributed by atoms with Crippen molar-refractivity contribution >= 4 is 17.5 Å². The van der Waals surface area contributed by atoms with E-state index in [4.69, 9.17) is 4.74 Å². The zero-order valence-corrected chi connectivity index (χ0v) is 18.7. The SMILES string of the molecule is O=C(CCC1CCN(C(=O)C2(N3CCOCC3)CCCCC2)CC1)Nc1ccccc1. The van der Waals surface area contributed by atoms with Gasteiger partial charge < -0.3 is 15.0 Å². The molecule has 170 valence electrons. The minimum Gasteiger partial charge on any atom is -0.379 e. The first-order valence-electron chi connectivity index (χ1n) is 12.1. The molecule has 0 bridgehead atoms. The van der Waals surface area contributed by atoms with Gasteiger partial charge in [-0.05, 0) is 50.2 Å². The van der Waals surface area contributed by atoms with Gasteiger partial charge in [0.25, 0.3) is 0 Å². The third-order valence-corrected chi connectivity index (χ3v) is 7.43. The van der Waals surface area contributed by atoms with Crippen LogP contribution in [0.2, 0.25) is 0 Å². The van der Waals surface area contributed by atoms with Gasteiger partial charge in [-0.2, -0.15) is 0 Å². The van der Waals surface area contributed by atoms with Crippen molar-refractivity contribution in [2.24, 2.45) is 5.92 Å². The summed E-state index contributed by atoms with van der Waals surface area (Å²) in [5.74, 6) is 0.962. The molecule has 4 rings (SSSR count). The lowest BCUT2D eigenvalue weighted by Gasteiger charge is -2.49. The van der Waals surface area contributed by atoms with Crippen LogP contribution < -0.4 is 5.32 Å². The molecule has 0 unspecified atom stereocenters. The number of rotatable bonds is 6. The quantitative estimate of drug-likeness (QED) is 0.752. The Hall–Kier alpha value is -1.92. The molecule has 1 N–H and O–H groups in total. The fourth-order valence-corrected chi connectivity index (χ4v) is 5.59. The Morgan fingerprint density at radius 1 is 0.968 bits per heavy atom. The summed E-state index contributed by atoms with van der Waals surface area (Å²) in [4.78, 5) is 30.5. The van der Waals surface area contributed by atoms with Gasteiger partial charge in [0.2, 0.25) is 11.8 Å². The maximum Gasteiger partial charge on any atom is 0.243 e. The van der Waals surface area contributed by atoms with Crippen molar-refractivity contribution in [2.45, 2.75) is 63.3 Å². The molecule has 3 fully saturated rings. The average Bonchev–Trinajstić information content (AvgIpc) is 2.84. The van der Waals surface area contributed by atoms with Crippen LogP contribution >= 0.6 is 0 Å². The number of amides is 2. The van der Waals surface area contributed by atoms with E-state index in [0.717, 1.165) is 90.0 Å². The molecule has 2 saturated heterocycles. The first-order chi connectivity index (χ1) is 15.2. The third-order valence-electron chi connectivity index (χ3n) is 7.43. The van der Waals surface area contributed by atoms with Crippen LogP contribution in [0.3, 0.4) is 0 Å². The molecular weight excluding hydrogens is 390 g/mol. The monoisotopic (exact) mass is 427 g/mol. The second kappa shape index (κ2) is 10.6. The van der Waals surface area contributed by atoms with Crippen LogP contribution in [-0.2, 0) is 14.3 Å². The zero-order valence-electron chi connectivity index (χ0n) is 18.7. The number of para-hydroxylation sites is 1. The highest BCUT2D eigenvalue weighted by molar-refractivity contribution is 5.90. The van der Waals surface area contributed by atoms with E-state index in [1.165, 1.54) is 6.42 Å². The molecule has 0 atom stereocenters. The van der Waals surface area contributed by atoms with Crippen LogP contribution in [-0.4, -0.2) is 66.5 Å². The first kappa shape index (κ1) is 22.3. The second-order valence-electron chi connectivity index (χ2n) is 9.38. The van der Waals surface area contributed by atoms with Gasteiger partial charge in [-0.3, -0.25) is 14.5 Å². The Balaban J connectivity index is 1.27. The number of ether oxygens (including phenoxy) is 1. The third kappa shape index (κ3) is 5.47. The van der Waals surface area contributed by atoms with Crippen molar-refractivity contribution in [3.63, 3.8) is 0 Å². The highest BCUT2D eigenvalue weighted by atomic mass is 16.5. The van der Waals surface area contributed by atoms with Gasteiger partial charge in [0.05, 0.1) is 13.2 Å². The lowest BCUT2D eigenvalue weighted by atomic mass is 9.78. The van der Waals surface area contributed by atoms with E-state index >= 15 is 0 Å². The number of carbonyl (C=O) groups is 2. The maximum absolute atomic E-state index is 13.7. The van der Waals surface area contributed by atoms with Crippen molar-refractivity contribution in [1.82, 2.24) is 9.80 Å². The number of likely N-dealkylation sites (tertiary alicyclic amines) is 1. The van der Waals surface area contributed by atoms with Crippen molar-refractivity contribution in [1.29, 1.82) is 0 Å². The predicted octanol–water partition coefficient (Wildman–Crippen LogP) is 3.68. The van der Waals surface area contributed by atoms with Gasteiger partial charge in [-0.1, -0.05) is 37.5 Å². The lowest BCUT2D eigenvalue weighted by Crippen LogP contribution is -2.63. The van der Waals surface area contributed by atoms with Gasteiger partial charge in [-0.25, -0.2) is 0 Å². The molecule has 1 aromatic carbocycles. The van der Waals surface area contributed by atoms with Crippen LogP contribution in [0.1, 0.15) is 57.8 Å². The smallest absolute Gasteiger partial charge is 0.243 e. The van der Waals surface area contributed by atoms with E-state index in [9.17, 15) is 9.59 Å². The maximum atomic E-state index is 13.7. The zero-order chi connectivity index (χ0) is 21.5. The summed E-state index contributed by atoms with van der Waals surface area (Å²) in [5, 5.41) is 2.97. The molecule has 1 aromatic rings. The van der Waals surface area contributed by atoms with Crippen LogP contribution in [0.5, 0.6) is 0 Å². The molecule has 2 heterocycles. The van der Waals surface area contributed by atoms with E-state index in [1.807, 2.05) is 30.3 Å². The Morgan fingerprint density at radius 3 is 2.32 bits per heavy atom. The fourth-order valence-electron chi connectivity index (χ4n) is 5.59. The molecule has 3 aliphatic rings. The van der Waals surface area contributed by atoms with E-state index in [2.05, 4.69) is 15.1 Å². The summed E-state index contributed by atoms with van der Waals surface area (Å²) in [7, 11) is 0. The Bertz CT molecular complexity index is 719. The molecule has 1 aliphatic carbocycles. The number of hydrogen-bond donors (Lipinski definition) is 1. The van der Waals surface area contributed by atoms with Crippen molar-refractivity contribution < 1.29 is 14.3 Å². The number of hydrogen-bond acceptors (Lipinski definition) is 4. The van der Waals surface area contributed by atoms with Crippen molar-refractivity contribution in [2.75, 3.05) is 44.7 Å². The molecule has 2 aliphatic heterocycles. The normalized spacial score (nSPS) is 22.8. The second-order valence-corrected chi connectivity index (χ2v) is 9.38. The summed E-state index contributed by atoms with van der Waals surface area (Å²) in [5.41, 5.74) is 0.554. The average molecular weight is 428 g/mol. The van der Waals surface area contributed by atoms with Crippen molar-refractivity contribution in [3.8, 4) is 0 Å². The Kier molecular flexibility index (Phi) is 7.62. The number of carbonyl (C=O) groups excluding carboxylic acids is 2. The Labute approximate surface area is 186 Å². The van der Waals surface area contributed by atoms with Crippen LogP contribution in [0.15, 0.2) is 30.3 Å². The van der Waals surface area contributed by atoms with Gasteiger partial charge in [-0.15, -0.1) is 0 Å². The minimum atomic E-state index is -0.301. The fraction of sp³-hybridized carbons (Fsp3) is 0.680. The molecule has 2 amide bonds. The number of nitrogens with one attached hydrogen (secondary N) is 1. The summed E-state index contributed by atoms with van der Waals surface area (Å²) in [6.45, 7) is 4.88. The molecule has 0 spiro atoms. The lowest BCUT2D eigenvalue weighted by molar-refractivity contribution is -0.152. The van der Waals surface area contributed by atoms with E-state index in [1.54, 1.807) is 0 Å².